The minimum absolute atomic E-state index is 0.163. The summed E-state index contributed by atoms with van der Waals surface area (Å²) in [4.78, 5) is 17.3. The number of carbonyl (C=O) groups is 1. The van der Waals surface area contributed by atoms with E-state index in [4.69, 9.17) is 0 Å². The Labute approximate surface area is 166 Å². The molecule has 2 aromatic rings. The lowest BCUT2D eigenvalue weighted by molar-refractivity contribution is 0.0664. The van der Waals surface area contributed by atoms with Gasteiger partial charge < -0.3 is 20.4 Å². The summed E-state index contributed by atoms with van der Waals surface area (Å²) in [6.45, 7) is 4.54. The summed E-state index contributed by atoms with van der Waals surface area (Å²) in [5, 5.41) is 7.46. The molecule has 2 aromatic carbocycles. The van der Waals surface area contributed by atoms with Crippen LogP contribution in [0.25, 0.3) is 0 Å². The van der Waals surface area contributed by atoms with Crippen molar-refractivity contribution in [2.75, 3.05) is 45.1 Å². The first-order valence-electron chi connectivity index (χ1n) is 10.4. The van der Waals surface area contributed by atoms with Gasteiger partial charge in [-0.2, -0.15) is 0 Å². The van der Waals surface area contributed by atoms with Gasteiger partial charge >= 0.3 is 0 Å². The fraction of sp³-hybridized carbons (Fsp3) is 0.435. The number of nitrogens with zero attached hydrogens (tertiary/aromatic N) is 2. The van der Waals surface area contributed by atoms with Gasteiger partial charge in [0.2, 0.25) is 0 Å². The topological polar surface area (TPSA) is 47.6 Å². The molecular formula is C23H28N4O. The average molecular weight is 377 g/mol. The van der Waals surface area contributed by atoms with E-state index in [0.29, 0.717) is 18.0 Å². The number of carbonyl (C=O) groups excluding carboxylic acids is 1. The first-order chi connectivity index (χ1) is 13.7. The molecule has 3 aliphatic heterocycles. The summed E-state index contributed by atoms with van der Waals surface area (Å²) in [5.74, 6) is 0.666. The van der Waals surface area contributed by atoms with Crippen molar-refractivity contribution in [2.24, 2.45) is 5.92 Å². The van der Waals surface area contributed by atoms with Gasteiger partial charge in [0.15, 0.2) is 0 Å². The quantitative estimate of drug-likeness (QED) is 0.846. The standard InChI is InChI=1S/C23H28N4O/c1-26-11-13-27(14-12-26)23(28)17-7-8-20-19(15-17)22-18(9-10-24-22)21(25-20)16-5-3-2-4-6-16/h2-8,15,18,21-22,24-25H,9-14H2,1H3/t18-,21?,22-/m0/s1. The van der Waals surface area contributed by atoms with Crippen molar-refractivity contribution in [2.45, 2.75) is 18.5 Å². The first kappa shape index (κ1) is 17.7. The number of benzene rings is 2. The van der Waals surface area contributed by atoms with Crippen LogP contribution >= 0.6 is 0 Å². The van der Waals surface area contributed by atoms with E-state index < -0.39 is 0 Å². The van der Waals surface area contributed by atoms with Crippen LogP contribution in [0.1, 0.15) is 40.0 Å². The molecule has 1 amide bonds. The second-order valence-corrected chi connectivity index (χ2v) is 8.31. The number of fused-ring (bicyclic) bond motifs is 3. The van der Waals surface area contributed by atoms with E-state index >= 15 is 0 Å². The highest BCUT2D eigenvalue weighted by Crippen LogP contribution is 2.47. The zero-order chi connectivity index (χ0) is 19.1. The largest absolute Gasteiger partial charge is 0.378 e. The van der Waals surface area contributed by atoms with Crippen LogP contribution in [0.4, 0.5) is 5.69 Å². The number of amides is 1. The van der Waals surface area contributed by atoms with Gasteiger partial charge in [-0.05, 0) is 49.3 Å². The van der Waals surface area contributed by atoms with E-state index in [2.05, 4.69) is 65.0 Å². The maximum absolute atomic E-state index is 13.0. The Hall–Kier alpha value is -2.37. The monoisotopic (exact) mass is 376 g/mol. The number of nitrogens with one attached hydrogen (secondary N) is 2. The molecule has 1 unspecified atom stereocenters. The molecule has 5 rings (SSSR count). The number of likely N-dealkylation sites (N-methyl/N-ethyl adjacent to an activating group) is 1. The molecule has 3 atom stereocenters. The molecule has 0 aromatic heterocycles. The summed E-state index contributed by atoms with van der Waals surface area (Å²) in [5.41, 5.74) is 4.55. The predicted molar refractivity (Wildman–Crippen MR) is 111 cm³/mol. The summed E-state index contributed by atoms with van der Waals surface area (Å²) in [6.07, 6.45) is 1.15. The molecule has 28 heavy (non-hydrogen) atoms. The fourth-order valence-electron chi connectivity index (χ4n) is 4.97. The number of rotatable bonds is 2. The highest BCUT2D eigenvalue weighted by atomic mass is 16.2. The number of piperazine rings is 1. The number of hydrogen-bond donors (Lipinski definition) is 2. The summed E-state index contributed by atoms with van der Waals surface area (Å²) >= 11 is 0. The summed E-state index contributed by atoms with van der Waals surface area (Å²) in [6, 6.07) is 17.6. The van der Waals surface area contributed by atoms with Crippen LogP contribution in [-0.4, -0.2) is 55.5 Å². The molecular weight excluding hydrogens is 348 g/mol. The molecule has 3 aliphatic rings. The lowest BCUT2D eigenvalue weighted by Crippen LogP contribution is -2.47. The van der Waals surface area contributed by atoms with Crippen molar-refractivity contribution in [3.63, 3.8) is 0 Å². The second-order valence-electron chi connectivity index (χ2n) is 8.31. The fourth-order valence-corrected chi connectivity index (χ4v) is 4.97. The van der Waals surface area contributed by atoms with Crippen LogP contribution in [0, 0.1) is 5.92 Å². The SMILES string of the molecule is CN1CCN(C(=O)c2ccc3c(c2)[C@H]2NCC[C@H]2C(c2ccccc2)N3)CC1. The molecule has 2 N–H and O–H groups in total. The molecule has 2 fully saturated rings. The third-order valence-corrected chi connectivity index (χ3v) is 6.59. The van der Waals surface area contributed by atoms with E-state index in [-0.39, 0.29) is 5.91 Å². The Morgan fingerprint density at radius 1 is 1.00 bits per heavy atom. The van der Waals surface area contributed by atoms with Crippen LogP contribution < -0.4 is 10.6 Å². The highest BCUT2D eigenvalue weighted by molar-refractivity contribution is 5.95. The maximum Gasteiger partial charge on any atom is 0.253 e. The second kappa shape index (κ2) is 7.22. The third-order valence-electron chi connectivity index (χ3n) is 6.59. The van der Waals surface area contributed by atoms with Crippen molar-refractivity contribution < 1.29 is 4.79 Å². The Bertz CT molecular complexity index is 860. The molecule has 0 radical (unpaired) electrons. The molecule has 0 bridgehead atoms. The van der Waals surface area contributed by atoms with Crippen molar-refractivity contribution in [1.82, 2.24) is 15.1 Å². The Balaban J connectivity index is 1.44. The van der Waals surface area contributed by atoms with Gasteiger partial charge in [0.25, 0.3) is 5.91 Å². The first-order valence-corrected chi connectivity index (χ1v) is 10.4. The zero-order valence-corrected chi connectivity index (χ0v) is 16.4. The van der Waals surface area contributed by atoms with E-state index in [0.717, 1.165) is 50.4 Å². The minimum atomic E-state index is 0.163. The van der Waals surface area contributed by atoms with Gasteiger partial charge in [-0.15, -0.1) is 0 Å². The van der Waals surface area contributed by atoms with Crippen molar-refractivity contribution in [3.05, 3.63) is 65.2 Å². The lowest BCUT2D eigenvalue weighted by atomic mass is 9.80. The van der Waals surface area contributed by atoms with E-state index in [1.807, 2.05) is 11.0 Å². The molecule has 5 nitrogen and oxygen atoms in total. The van der Waals surface area contributed by atoms with E-state index in [9.17, 15) is 4.79 Å². The third kappa shape index (κ3) is 3.09. The molecule has 146 valence electrons. The summed E-state index contributed by atoms with van der Waals surface area (Å²) < 4.78 is 0. The van der Waals surface area contributed by atoms with Gasteiger partial charge in [-0.1, -0.05) is 30.3 Å². The molecule has 3 heterocycles. The molecule has 0 spiro atoms. The Morgan fingerprint density at radius 2 is 1.79 bits per heavy atom. The van der Waals surface area contributed by atoms with Gasteiger partial charge in [0, 0.05) is 49.4 Å². The normalized spacial score (nSPS) is 27.0. The van der Waals surface area contributed by atoms with Gasteiger partial charge in [-0.3, -0.25) is 4.79 Å². The van der Waals surface area contributed by atoms with Crippen LogP contribution in [0.15, 0.2) is 48.5 Å². The van der Waals surface area contributed by atoms with E-state index in [1.165, 1.54) is 11.1 Å². The van der Waals surface area contributed by atoms with Crippen LogP contribution in [-0.2, 0) is 0 Å². The Morgan fingerprint density at radius 3 is 2.57 bits per heavy atom. The molecule has 0 aliphatic carbocycles. The van der Waals surface area contributed by atoms with Gasteiger partial charge in [0.1, 0.15) is 0 Å². The molecule has 5 heteroatoms. The van der Waals surface area contributed by atoms with Crippen LogP contribution in [0.2, 0.25) is 0 Å². The predicted octanol–water partition coefficient (Wildman–Crippen LogP) is 2.89. The molecule has 2 saturated heterocycles. The zero-order valence-electron chi connectivity index (χ0n) is 16.4. The number of hydrogen-bond acceptors (Lipinski definition) is 4. The van der Waals surface area contributed by atoms with Gasteiger partial charge in [0.05, 0.1) is 6.04 Å². The lowest BCUT2D eigenvalue weighted by Gasteiger charge is -2.38. The Kier molecular flexibility index (Phi) is 4.57. The van der Waals surface area contributed by atoms with Crippen molar-refractivity contribution >= 4 is 11.6 Å². The van der Waals surface area contributed by atoms with Crippen LogP contribution in [0.3, 0.4) is 0 Å². The van der Waals surface area contributed by atoms with Crippen molar-refractivity contribution in [1.29, 1.82) is 0 Å². The smallest absolute Gasteiger partial charge is 0.253 e. The van der Waals surface area contributed by atoms with Gasteiger partial charge in [-0.25, -0.2) is 0 Å². The average Bonchev–Trinajstić information content (AvgIpc) is 3.24. The highest BCUT2D eigenvalue weighted by Gasteiger charge is 2.40. The maximum atomic E-state index is 13.0. The van der Waals surface area contributed by atoms with E-state index in [1.54, 1.807) is 0 Å². The van der Waals surface area contributed by atoms with Crippen molar-refractivity contribution in [3.8, 4) is 0 Å². The van der Waals surface area contributed by atoms with Crippen LogP contribution in [0.5, 0.6) is 0 Å². The summed E-state index contributed by atoms with van der Waals surface area (Å²) in [7, 11) is 2.11. The minimum Gasteiger partial charge on any atom is -0.378 e. The molecule has 0 saturated carbocycles. The number of anilines is 1.